The minimum atomic E-state index is -0.808. The molecule has 11 heteroatoms. The molecule has 1 unspecified atom stereocenters. The first-order valence-electron chi connectivity index (χ1n) is 13.5. The number of carbonyl (C=O) groups is 3. The van der Waals surface area contributed by atoms with Gasteiger partial charge >= 0.3 is 5.97 Å². The number of Topliss-reactive ketones (excluding diaryl/α,β-unsaturated/α-hetero) is 1. The molecular formula is C30H30N4O6S. The summed E-state index contributed by atoms with van der Waals surface area (Å²) in [6.07, 6.45) is 0.662. The third kappa shape index (κ3) is 4.79. The molecule has 0 bridgehead atoms. The molecule has 2 aliphatic rings. The standard InChI is InChI=1S/C30H30N4O6S/c1-18-27(41-30-31-21-6-3-4-7-22(21)34(18)30)25(35)23-24(19-8-10-20(11-9-19)29(38)39-2)33(28(37)26(23)36)13-5-12-32-14-16-40-17-15-32/h3-4,6-11,24,36H,5,12-17H2,1-2H3. The number of imidazole rings is 1. The lowest BCUT2D eigenvalue weighted by atomic mass is 9.94. The molecule has 1 N–H and O–H groups in total. The topological polar surface area (TPSA) is 114 Å². The number of carbonyl (C=O) groups excluding carboxylic acids is 3. The van der Waals surface area contributed by atoms with Crippen LogP contribution in [0.5, 0.6) is 0 Å². The fourth-order valence-corrected chi connectivity index (χ4v) is 6.76. The Hall–Kier alpha value is -4.06. The number of aromatic nitrogens is 2. The van der Waals surface area contributed by atoms with Gasteiger partial charge in [0, 0.05) is 31.9 Å². The fourth-order valence-electron chi connectivity index (χ4n) is 5.67. The number of hydrogen-bond acceptors (Lipinski definition) is 9. The molecule has 0 saturated carbocycles. The Labute approximate surface area is 240 Å². The molecule has 2 aliphatic heterocycles. The van der Waals surface area contributed by atoms with Gasteiger partial charge in [-0.3, -0.25) is 18.9 Å². The van der Waals surface area contributed by atoms with Crippen molar-refractivity contribution in [3.63, 3.8) is 0 Å². The van der Waals surface area contributed by atoms with Crippen molar-refractivity contribution in [3.05, 3.63) is 81.6 Å². The maximum atomic E-state index is 14.2. The maximum absolute atomic E-state index is 14.2. The summed E-state index contributed by atoms with van der Waals surface area (Å²) in [5, 5.41) is 11.2. The minimum absolute atomic E-state index is 0.0316. The van der Waals surface area contributed by atoms with E-state index >= 15 is 0 Å². The van der Waals surface area contributed by atoms with Gasteiger partial charge in [-0.1, -0.05) is 35.6 Å². The monoisotopic (exact) mass is 574 g/mol. The Kier molecular flexibility index (Phi) is 7.33. The summed E-state index contributed by atoms with van der Waals surface area (Å²) in [5.74, 6) is -2.02. The lowest BCUT2D eigenvalue weighted by molar-refractivity contribution is -0.129. The molecule has 41 heavy (non-hydrogen) atoms. The highest BCUT2D eigenvalue weighted by atomic mass is 32.1. The zero-order chi connectivity index (χ0) is 28.7. The van der Waals surface area contributed by atoms with Crippen LogP contribution in [0.4, 0.5) is 0 Å². The molecule has 2 aromatic heterocycles. The Morgan fingerprint density at radius 1 is 1.10 bits per heavy atom. The van der Waals surface area contributed by atoms with Crippen molar-refractivity contribution in [3.8, 4) is 0 Å². The number of aliphatic hydroxyl groups excluding tert-OH is 1. The van der Waals surface area contributed by atoms with Crippen LogP contribution in [0.2, 0.25) is 0 Å². The fraction of sp³-hybridized carbons (Fsp3) is 0.333. The molecule has 0 radical (unpaired) electrons. The number of ether oxygens (including phenoxy) is 2. The average molecular weight is 575 g/mol. The van der Waals surface area contributed by atoms with E-state index in [1.165, 1.54) is 18.4 Å². The van der Waals surface area contributed by atoms with Crippen molar-refractivity contribution in [1.82, 2.24) is 19.2 Å². The summed E-state index contributed by atoms with van der Waals surface area (Å²) in [5.41, 5.74) is 3.41. The number of benzene rings is 2. The van der Waals surface area contributed by atoms with E-state index in [1.54, 1.807) is 29.2 Å². The maximum Gasteiger partial charge on any atom is 0.337 e. The van der Waals surface area contributed by atoms with E-state index in [9.17, 15) is 19.5 Å². The van der Waals surface area contributed by atoms with Gasteiger partial charge in [-0.15, -0.1) is 0 Å². The quantitative estimate of drug-likeness (QED) is 0.249. The normalized spacial score (nSPS) is 18.1. The largest absolute Gasteiger partial charge is 0.503 e. The van der Waals surface area contributed by atoms with E-state index in [1.807, 2.05) is 35.6 Å². The molecule has 2 aromatic carbocycles. The number of rotatable bonds is 8. The van der Waals surface area contributed by atoms with E-state index in [4.69, 9.17) is 9.47 Å². The number of amides is 1. The van der Waals surface area contributed by atoms with Crippen molar-refractivity contribution in [2.45, 2.75) is 19.4 Å². The SMILES string of the molecule is COC(=O)c1ccc(C2C(C(=O)c3sc4nc5ccccc5n4c3C)=C(O)C(=O)N2CCCN2CCOCC2)cc1. The van der Waals surface area contributed by atoms with Crippen LogP contribution >= 0.6 is 11.3 Å². The molecule has 10 nitrogen and oxygen atoms in total. The molecular weight excluding hydrogens is 544 g/mol. The van der Waals surface area contributed by atoms with Gasteiger partial charge in [-0.25, -0.2) is 9.78 Å². The van der Waals surface area contributed by atoms with Gasteiger partial charge in [0.2, 0.25) is 5.78 Å². The summed E-state index contributed by atoms with van der Waals surface area (Å²) >= 11 is 1.24. The Balaban J connectivity index is 1.36. The average Bonchev–Trinajstić information content (AvgIpc) is 3.61. The smallest absolute Gasteiger partial charge is 0.337 e. The second kappa shape index (κ2) is 11.1. The number of para-hydroxylation sites is 2. The van der Waals surface area contributed by atoms with Crippen LogP contribution in [0.1, 0.15) is 43.7 Å². The number of nitrogens with zero attached hydrogens (tertiary/aromatic N) is 4. The molecule has 212 valence electrons. The van der Waals surface area contributed by atoms with E-state index in [2.05, 4.69) is 9.88 Å². The Bertz CT molecular complexity index is 1680. The predicted octanol–water partition coefficient (Wildman–Crippen LogP) is 3.94. The number of morpholine rings is 1. The highest BCUT2D eigenvalue weighted by molar-refractivity contribution is 7.19. The minimum Gasteiger partial charge on any atom is -0.503 e. The summed E-state index contributed by atoms with van der Waals surface area (Å²) in [6, 6.07) is 13.5. The first-order chi connectivity index (χ1) is 19.9. The van der Waals surface area contributed by atoms with Crippen molar-refractivity contribution in [1.29, 1.82) is 0 Å². The molecule has 0 spiro atoms. The second-order valence-corrected chi connectivity index (χ2v) is 11.1. The number of fused-ring (bicyclic) bond motifs is 3. The van der Waals surface area contributed by atoms with Crippen LogP contribution in [0, 0.1) is 6.92 Å². The van der Waals surface area contributed by atoms with E-state index in [-0.39, 0.29) is 5.57 Å². The van der Waals surface area contributed by atoms with Crippen LogP contribution in [0.3, 0.4) is 0 Å². The first kappa shape index (κ1) is 27.1. The number of esters is 1. The van der Waals surface area contributed by atoms with Gasteiger partial charge in [0.25, 0.3) is 5.91 Å². The van der Waals surface area contributed by atoms with Gasteiger partial charge in [0.1, 0.15) is 0 Å². The van der Waals surface area contributed by atoms with Gasteiger partial charge in [0.15, 0.2) is 10.7 Å². The second-order valence-electron chi connectivity index (χ2n) is 10.1. The molecule has 1 atom stereocenters. The molecule has 4 aromatic rings. The van der Waals surface area contributed by atoms with Crippen LogP contribution in [0.25, 0.3) is 16.0 Å². The lowest BCUT2D eigenvalue weighted by Crippen LogP contribution is -2.39. The van der Waals surface area contributed by atoms with E-state index in [0.29, 0.717) is 52.8 Å². The molecule has 4 heterocycles. The van der Waals surface area contributed by atoms with Crippen molar-refractivity contribution < 1.29 is 29.0 Å². The summed E-state index contributed by atoms with van der Waals surface area (Å²) in [6.45, 7) is 5.97. The molecule has 1 saturated heterocycles. The Morgan fingerprint density at radius 3 is 2.56 bits per heavy atom. The van der Waals surface area contributed by atoms with Crippen LogP contribution in [-0.2, 0) is 14.3 Å². The Morgan fingerprint density at radius 2 is 1.83 bits per heavy atom. The highest BCUT2D eigenvalue weighted by Gasteiger charge is 2.44. The number of methoxy groups -OCH3 is 1. The number of aliphatic hydroxyl groups is 1. The van der Waals surface area contributed by atoms with Crippen molar-refractivity contribution in [2.24, 2.45) is 0 Å². The van der Waals surface area contributed by atoms with Gasteiger partial charge in [-0.05, 0) is 43.2 Å². The zero-order valence-corrected chi connectivity index (χ0v) is 23.6. The first-order valence-corrected chi connectivity index (χ1v) is 14.3. The van der Waals surface area contributed by atoms with Crippen molar-refractivity contribution in [2.75, 3.05) is 46.5 Å². The number of ketones is 1. The van der Waals surface area contributed by atoms with Crippen LogP contribution in [-0.4, -0.2) is 88.5 Å². The van der Waals surface area contributed by atoms with Crippen LogP contribution < -0.4 is 0 Å². The predicted molar refractivity (Wildman–Crippen MR) is 153 cm³/mol. The summed E-state index contributed by atoms with van der Waals surface area (Å²) < 4.78 is 12.2. The van der Waals surface area contributed by atoms with E-state index < -0.39 is 29.5 Å². The lowest BCUT2D eigenvalue weighted by Gasteiger charge is -2.30. The van der Waals surface area contributed by atoms with Gasteiger partial charge in [-0.2, -0.15) is 0 Å². The number of hydrogen-bond donors (Lipinski definition) is 1. The number of aryl methyl sites for hydroxylation is 1. The molecule has 6 rings (SSSR count). The summed E-state index contributed by atoms with van der Waals surface area (Å²) in [7, 11) is 1.31. The van der Waals surface area contributed by atoms with Gasteiger partial charge in [0.05, 0.1) is 53.4 Å². The highest BCUT2D eigenvalue weighted by Crippen LogP contribution is 2.41. The third-order valence-corrected chi connectivity index (χ3v) is 8.91. The van der Waals surface area contributed by atoms with Crippen LogP contribution in [0.15, 0.2) is 59.9 Å². The summed E-state index contributed by atoms with van der Waals surface area (Å²) in [4.78, 5) is 49.3. The molecule has 1 fully saturated rings. The van der Waals surface area contributed by atoms with E-state index in [0.717, 1.165) is 30.7 Å². The zero-order valence-electron chi connectivity index (χ0n) is 22.8. The number of thiazole rings is 1. The van der Waals surface area contributed by atoms with Crippen molar-refractivity contribution >= 4 is 45.0 Å². The molecule has 1 amide bonds. The third-order valence-electron chi connectivity index (χ3n) is 7.77. The van der Waals surface area contributed by atoms with Gasteiger partial charge < -0.3 is 19.5 Å². The molecule has 0 aliphatic carbocycles.